The molecule has 0 saturated carbocycles. The molecular weight excluding hydrogens is 290 g/mol. The molecule has 1 fully saturated rings. The fraction of sp³-hybridized carbons (Fsp3) is 0.562. The summed E-state index contributed by atoms with van der Waals surface area (Å²) in [6, 6.07) is 3.81. The molecule has 4 nitrogen and oxygen atoms in total. The van der Waals surface area contributed by atoms with Gasteiger partial charge in [-0.3, -0.25) is 0 Å². The van der Waals surface area contributed by atoms with E-state index in [1.165, 1.54) is 0 Å². The number of carboxylic acids is 1. The highest BCUT2D eigenvalue weighted by Crippen LogP contribution is 2.32. The van der Waals surface area contributed by atoms with Crippen LogP contribution in [0.1, 0.15) is 42.1 Å². The van der Waals surface area contributed by atoms with Crippen LogP contribution in [0, 0.1) is 0 Å². The molecule has 0 unspecified atom stereocenters. The van der Waals surface area contributed by atoms with Gasteiger partial charge in [-0.15, -0.1) is 0 Å². The molecule has 1 aliphatic rings. The number of aromatic carboxylic acids is 1. The number of carbonyl (C=O) groups is 1. The van der Waals surface area contributed by atoms with Crippen molar-refractivity contribution in [3.63, 3.8) is 0 Å². The SMILES string of the molecule is CCCc1c(C(=O)O)cc(Cl)cc1N(C)C1CCOCC1. The number of hydrogen-bond donors (Lipinski definition) is 1. The fourth-order valence-corrected chi connectivity index (χ4v) is 3.12. The van der Waals surface area contributed by atoms with Gasteiger partial charge in [-0.25, -0.2) is 4.79 Å². The Morgan fingerprint density at radius 3 is 2.67 bits per heavy atom. The van der Waals surface area contributed by atoms with Crippen LogP contribution in [0.25, 0.3) is 0 Å². The molecule has 1 saturated heterocycles. The van der Waals surface area contributed by atoms with Crippen LogP contribution in [-0.2, 0) is 11.2 Å². The van der Waals surface area contributed by atoms with Crippen LogP contribution in [0.2, 0.25) is 5.02 Å². The molecule has 21 heavy (non-hydrogen) atoms. The second-order valence-electron chi connectivity index (χ2n) is 5.46. The van der Waals surface area contributed by atoms with Crippen LogP contribution < -0.4 is 4.90 Å². The summed E-state index contributed by atoms with van der Waals surface area (Å²) in [5.41, 5.74) is 2.13. The summed E-state index contributed by atoms with van der Waals surface area (Å²) in [7, 11) is 2.02. The van der Waals surface area contributed by atoms with Gasteiger partial charge < -0.3 is 14.7 Å². The normalized spacial score (nSPS) is 16.0. The van der Waals surface area contributed by atoms with E-state index in [0.29, 0.717) is 16.6 Å². The maximum Gasteiger partial charge on any atom is 0.336 e. The van der Waals surface area contributed by atoms with Crippen molar-refractivity contribution in [3.8, 4) is 0 Å². The van der Waals surface area contributed by atoms with Crippen LogP contribution in [0.15, 0.2) is 12.1 Å². The molecule has 1 heterocycles. The first kappa shape index (κ1) is 16.1. The molecule has 0 atom stereocenters. The van der Waals surface area contributed by atoms with Crippen molar-refractivity contribution in [2.75, 3.05) is 25.2 Å². The molecule has 116 valence electrons. The molecule has 5 heteroatoms. The quantitative estimate of drug-likeness (QED) is 0.902. The predicted octanol–water partition coefficient (Wildman–Crippen LogP) is 3.61. The van der Waals surface area contributed by atoms with Crippen molar-refractivity contribution >= 4 is 23.3 Å². The van der Waals surface area contributed by atoms with Gasteiger partial charge in [-0.05, 0) is 37.0 Å². The van der Waals surface area contributed by atoms with E-state index in [-0.39, 0.29) is 0 Å². The van der Waals surface area contributed by atoms with Gasteiger partial charge in [0.1, 0.15) is 0 Å². The minimum atomic E-state index is -0.914. The van der Waals surface area contributed by atoms with Gasteiger partial charge in [-0.1, -0.05) is 24.9 Å². The molecule has 0 amide bonds. The largest absolute Gasteiger partial charge is 0.478 e. The fourth-order valence-electron chi connectivity index (χ4n) is 2.91. The summed E-state index contributed by atoms with van der Waals surface area (Å²) in [6.07, 6.45) is 3.55. The number of hydrogen-bond acceptors (Lipinski definition) is 3. The number of halogens is 1. The summed E-state index contributed by atoms with van der Waals surface area (Å²) in [5, 5.41) is 9.91. The first-order chi connectivity index (χ1) is 10.0. The maximum absolute atomic E-state index is 11.5. The van der Waals surface area contributed by atoms with Crippen LogP contribution in [0.4, 0.5) is 5.69 Å². The van der Waals surface area contributed by atoms with E-state index in [9.17, 15) is 9.90 Å². The van der Waals surface area contributed by atoms with Crippen molar-refractivity contribution in [2.24, 2.45) is 0 Å². The molecule has 1 aromatic carbocycles. The highest BCUT2D eigenvalue weighted by Gasteiger charge is 2.23. The molecule has 0 spiro atoms. The van der Waals surface area contributed by atoms with Crippen molar-refractivity contribution in [1.82, 2.24) is 0 Å². The van der Waals surface area contributed by atoms with E-state index in [1.54, 1.807) is 6.07 Å². The summed E-state index contributed by atoms with van der Waals surface area (Å²) < 4.78 is 5.40. The third kappa shape index (κ3) is 3.69. The summed E-state index contributed by atoms with van der Waals surface area (Å²) in [4.78, 5) is 13.7. The van der Waals surface area contributed by atoms with Crippen LogP contribution in [0.3, 0.4) is 0 Å². The Morgan fingerprint density at radius 1 is 1.43 bits per heavy atom. The highest BCUT2D eigenvalue weighted by molar-refractivity contribution is 6.31. The zero-order valence-electron chi connectivity index (χ0n) is 12.6. The Bertz CT molecular complexity index is 512. The molecule has 0 aromatic heterocycles. The number of benzene rings is 1. The van der Waals surface area contributed by atoms with E-state index in [1.807, 2.05) is 13.1 Å². The van der Waals surface area contributed by atoms with Gasteiger partial charge in [0, 0.05) is 37.0 Å². The number of rotatable bonds is 5. The zero-order valence-corrected chi connectivity index (χ0v) is 13.3. The molecule has 1 N–H and O–H groups in total. The molecule has 1 aliphatic heterocycles. The lowest BCUT2D eigenvalue weighted by atomic mass is 9.98. The lowest BCUT2D eigenvalue weighted by Gasteiger charge is -2.34. The smallest absolute Gasteiger partial charge is 0.336 e. The highest BCUT2D eigenvalue weighted by atomic mass is 35.5. The second kappa shape index (κ2) is 7.14. The molecule has 2 rings (SSSR count). The Kier molecular flexibility index (Phi) is 5.48. The summed E-state index contributed by atoms with van der Waals surface area (Å²) >= 11 is 6.13. The Balaban J connectivity index is 2.42. The summed E-state index contributed by atoms with van der Waals surface area (Å²) in [6.45, 7) is 3.56. The topological polar surface area (TPSA) is 49.8 Å². The van der Waals surface area contributed by atoms with Crippen LogP contribution in [-0.4, -0.2) is 37.4 Å². The number of anilines is 1. The average molecular weight is 312 g/mol. The van der Waals surface area contributed by atoms with Gasteiger partial charge in [0.25, 0.3) is 0 Å². The lowest BCUT2D eigenvalue weighted by Crippen LogP contribution is -2.37. The van der Waals surface area contributed by atoms with E-state index >= 15 is 0 Å². The lowest BCUT2D eigenvalue weighted by molar-refractivity contribution is 0.0695. The van der Waals surface area contributed by atoms with Gasteiger partial charge >= 0.3 is 5.97 Å². The maximum atomic E-state index is 11.5. The second-order valence-corrected chi connectivity index (χ2v) is 5.90. The first-order valence-electron chi connectivity index (χ1n) is 7.40. The molecule has 0 radical (unpaired) electrons. The monoisotopic (exact) mass is 311 g/mol. The molecule has 0 aliphatic carbocycles. The zero-order chi connectivity index (χ0) is 15.4. The van der Waals surface area contributed by atoms with Crippen molar-refractivity contribution < 1.29 is 14.6 Å². The Morgan fingerprint density at radius 2 is 2.10 bits per heavy atom. The molecular formula is C16H22ClNO3. The minimum Gasteiger partial charge on any atom is -0.478 e. The van der Waals surface area contributed by atoms with E-state index in [0.717, 1.165) is 50.1 Å². The standard InChI is InChI=1S/C16H22ClNO3/c1-3-4-13-14(16(19)20)9-11(17)10-15(13)18(2)12-5-7-21-8-6-12/h9-10,12H,3-8H2,1-2H3,(H,19,20). The minimum absolute atomic E-state index is 0.318. The van der Waals surface area contributed by atoms with Crippen molar-refractivity contribution in [2.45, 2.75) is 38.6 Å². The van der Waals surface area contributed by atoms with Crippen LogP contribution in [0.5, 0.6) is 0 Å². The third-order valence-corrected chi connectivity index (χ3v) is 4.26. The van der Waals surface area contributed by atoms with Gasteiger partial charge in [0.2, 0.25) is 0 Å². The molecule has 0 bridgehead atoms. The average Bonchev–Trinajstić information content (AvgIpc) is 2.48. The van der Waals surface area contributed by atoms with E-state index in [2.05, 4.69) is 11.8 Å². The number of nitrogens with zero attached hydrogens (tertiary/aromatic N) is 1. The van der Waals surface area contributed by atoms with E-state index < -0.39 is 5.97 Å². The van der Waals surface area contributed by atoms with Crippen molar-refractivity contribution in [3.05, 3.63) is 28.3 Å². The van der Waals surface area contributed by atoms with Gasteiger partial charge in [0.05, 0.1) is 5.56 Å². The third-order valence-electron chi connectivity index (χ3n) is 4.04. The van der Waals surface area contributed by atoms with Gasteiger partial charge in [-0.2, -0.15) is 0 Å². The van der Waals surface area contributed by atoms with Crippen molar-refractivity contribution in [1.29, 1.82) is 0 Å². The summed E-state index contributed by atoms with van der Waals surface area (Å²) in [5.74, 6) is -0.914. The molecule has 1 aromatic rings. The predicted molar refractivity (Wildman–Crippen MR) is 84.7 cm³/mol. The first-order valence-corrected chi connectivity index (χ1v) is 7.78. The Hall–Kier alpha value is -1.26. The number of ether oxygens (including phenoxy) is 1. The van der Waals surface area contributed by atoms with Gasteiger partial charge in [0.15, 0.2) is 0 Å². The van der Waals surface area contributed by atoms with Crippen LogP contribution >= 0.6 is 11.6 Å². The number of carboxylic acid groups (broad SMARTS) is 1. The van der Waals surface area contributed by atoms with E-state index in [4.69, 9.17) is 16.3 Å². The Labute approximate surface area is 130 Å².